The van der Waals surface area contributed by atoms with E-state index in [1.165, 1.54) is 17.4 Å². The van der Waals surface area contributed by atoms with Crippen molar-refractivity contribution >= 4 is 35.4 Å². The summed E-state index contributed by atoms with van der Waals surface area (Å²) in [6.07, 6.45) is 8.26. The Kier molecular flexibility index (Phi) is 8.13. The van der Waals surface area contributed by atoms with Crippen LogP contribution in [-0.2, 0) is 38.2 Å². The first-order chi connectivity index (χ1) is 19.8. The fourth-order valence-corrected chi connectivity index (χ4v) is 9.49. The van der Waals surface area contributed by atoms with E-state index in [9.17, 15) is 33.9 Å². The summed E-state index contributed by atoms with van der Waals surface area (Å²) in [5, 5.41) is 9.31. The molecule has 230 valence electrons. The lowest BCUT2D eigenvalue weighted by Gasteiger charge is -2.59. The number of rotatable bonds is 8. The van der Waals surface area contributed by atoms with Gasteiger partial charge in [0.2, 0.25) is 11.7 Å². The number of ketones is 2. The van der Waals surface area contributed by atoms with E-state index < -0.39 is 53.3 Å². The van der Waals surface area contributed by atoms with Gasteiger partial charge in [-0.15, -0.1) is 0 Å². The second kappa shape index (κ2) is 11.2. The number of ether oxygens (including phenoxy) is 2. The standard InChI is InChI=1S/C32H43NO9/c1-19(34)42-32(26(36)18-41-28(38)9-8-27(37)33-16-4-5-25(33)29(39)40)15-12-24-22-7-6-20-17-21(35)10-13-30(20,2)23(22)11-14-31(24,32)3/h17,22-25H,4-16,18H2,1-3H3,(H,39,40)/t22-,23+,24+,25+,30-,31-,32-/m0/s1. The fourth-order valence-electron chi connectivity index (χ4n) is 9.49. The third kappa shape index (κ3) is 4.98. The zero-order valence-electron chi connectivity index (χ0n) is 24.9. The van der Waals surface area contributed by atoms with Gasteiger partial charge in [-0.1, -0.05) is 19.4 Å². The van der Waals surface area contributed by atoms with Crippen LogP contribution in [0.15, 0.2) is 11.6 Å². The molecule has 3 saturated carbocycles. The van der Waals surface area contributed by atoms with E-state index in [1.807, 2.05) is 6.08 Å². The van der Waals surface area contributed by atoms with Crippen LogP contribution in [0, 0.1) is 28.6 Å². The minimum absolute atomic E-state index is 0.0264. The lowest BCUT2D eigenvalue weighted by Crippen LogP contribution is -2.59. The van der Waals surface area contributed by atoms with Crippen molar-refractivity contribution in [1.82, 2.24) is 4.90 Å². The van der Waals surface area contributed by atoms with Crippen LogP contribution in [0.2, 0.25) is 0 Å². The maximum atomic E-state index is 13.9. The predicted octanol–water partition coefficient (Wildman–Crippen LogP) is 3.79. The summed E-state index contributed by atoms with van der Waals surface area (Å²) >= 11 is 0. The molecule has 1 saturated heterocycles. The van der Waals surface area contributed by atoms with Gasteiger partial charge < -0.3 is 19.5 Å². The summed E-state index contributed by atoms with van der Waals surface area (Å²) in [4.78, 5) is 76.2. The summed E-state index contributed by atoms with van der Waals surface area (Å²) in [5.41, 5.74) is -0.767. The van der Waals surface area contributed by atoms with E-state index in [4.69, 9.17) is 9.47 Å². The molecule has 42 heavy (non-hydrogen) atoms. The zero-order valence-corrected chi connectivity index (χ0v) is 24.9. The normalized spacial score (nSPS) is 37.2. The van der Waals surface area contributed by atoms with Crippen LogP contribution in [0.4, 0.5) is 0 Å². The number of hydrogen-bond donors (Lipinski definition) is 1. The first-order valence-electron chi connectivity index (χ1n) is 15.5. The molecule has 1 aliphatic heterocycles. The molecule has 1 N–H and O–H groups in total. The number of carboxylic acid groups (broad SMARTS) is 1. The van der Waals surface area contributed by atoms with Gasteiger partial charge in [-0.3, -0.25) is 24.0 Å². The third-order valence-corrected chi connectivity index (χ3v) is 11.6. The summed E-state index contributed by atoms with van der Waals surface area (Å²) < 4.78 is 11.3. The molecular weight excluding hydrogens is 542 g/mol. The molecule has 4 aliphatic carbocycles. The average molecular weight is 586 g/mol. The van der Waals surface area contributed by atoms with Crippen LogP contribution < -0.4 is 0 Å². The van der Waals surface area contributed by atoms with Gasteiger partial charge in [-0.25, -0.2) is 4.79 Å². The summed E-state index contributed by atoms with van der Waals surface area (Å²) in [6.45, 7) is 5.43. The molecule has 4 fully saturated rings. The largest absolute Gasteiger partial charge is 0.480 e. The Balaban J connectivity index is 1.26. The smallest absolute Gasteiger partial charge is 0.326 e. The van der Waals surface area contributed by atoms with Crippen molar-refractivity contribution in [2.24, 2.45) is 28.6 Å². The molecular formula is C32H43NO9. The molecule has 0 aromatic rings. The number of amides is 1. The first kappa shape index (κ1) is 30.4. The molecule has 1 heterocycles. The number of fused-ring (bicyclic) bond motifs is 5. The molecule has 10 heteroatoms. The topological polar surface area (TPSA) is 144 Å². The Hall–Kier alpha value is -3.04. The Morgan fingerprint density at radius 2 is 1.71 bits per heavy atom. The number of esters is 2. The monoisotopic (exact) mass is 585 g/mol. The molecule has 10 nitrogen and oxygen atoms in total. The number of aliphatic carboxylic acids is 1. The second-order valence-electron chi connectivity index (χ2n) is 13.6. The van der Waals surface area contributed by atoms with Gasteiger partial charge in [-0.05, 0) is 87.0 Å². The van der Waals surface area contributed by atoms with Crippen molar-refractivity contribution in [2.75, 3.05) is 13.2 Å². The first-order valence-corrected chi connectivity index (χ1v) is 15.5. The summed E-state index contributed by atoms with van der Waals surface area (Å²) in [6, 6.07) is -0.875. The maximum absolute atomic E-state index is 13.9. The van der Waals surface area contributed by atoms with Crippen molar-refractivity contribution in [1.29, 1.82) is 0 Å². The van der Waals surface area contributed by atoms with Crippen LogP contribution in [0.5, 0.6) is 0 Å². The highest BCUT2D eigenvalue weighted by atomic mass is 16.6. The second-order valence-corrected chi connectivity index (χ2v) is 13.6. The van der Waals surface area contributed by atoms with Gasteiger partial charge in [0.15, 0.2) is 18.0 Å². The van der Waals surface area contributed by atoms with Crippen LogP contribution in [0.3, 0.4) is 0 Å². The van der Waals surface area contributed by atoms with Gasteiger partial charge in [-0.2, -0.15) is 0 Å². The molecule has 0 unspecified atom stereocenters. The van der Waals surface area contributed by atoms with Gasteiger partial charge in [0, 0.05) is 31.7 Å². The predicted molar refractivity (Wildman–Crippen MR) is 149 cm³/mol. The highest BCUT2D eigenvalue weighted by Crippen LogP contribution is 2.68. The number of hydrogen-bond acceptors (Lipinski definition) is 8. The van der Waals surface area contributed by atoms with Crippen LogP contribution in [0.1, 0.15) is 97.8 Å². The molecule has 0 bridgehead atoms. The van der Waals surface area contributed by atoms with Gasteiger partial charge in [0.25, 0.3) is 0 Å². The van der Waals surface area contributed by atoms with Crippen molar-refractivity contribution in [2.45, 2.75) is 109 Å². The molecule has 1 amide bonds. The van der Waals surface area contributed by atoms with E-state index in [1.54, 1.807) is 0 Å². The zero-order chi connectivity index (χ0) is 30.4. The number of likely N-dealkylation sites (tertiary alicyclic amines) is 1. The Morgan fingerprint density at radius 1 is 0.976 bits per heavy atom. The fraction of sp³-hybridized carbons (Fsp3) is 0.750. The number of Topliss-reactive ketones (excluding diaryl/α,β-unsaturated/α-hetero) is 1. The van der Waals surface area contributed by atoms with Crippen molar-refractivity contribution in [3.8, 4) is 0 Å². The minimum atomic E-state index is -1.39. The van der Waals surface area contributed by atoms with Crippen LogP contribution >= 0.6 is 0 Å². The number of carbonyl (C=O) groups excluding carboxylic acids is 5. The van der Waals surface area contributed by atoms with E-state index in [0.717, 1.165) is 32.1 Å². The van der Waals surface area contributed by atoms with E-state index >= 15 is 0 Å². The number of carbonyl (C=O) groups is 6. The van der Waals surface area contributed by atoms with Gasteiger partial charge in [0.05, 0.1) is 6.42 Å². The van der Waals surface area contributed by atoms with Crippen LogP contribution in [0.25, 0.3) is 0 Å². The molecule has 5 aliphatic rings. The minimum Gasteiger partial charge on any atom is -0.480 e. The Morgan fingerprint density at radius 3 is 2.43 bits per heavy atom. The number of allylic oxidation sites excluding steroid dienone is 1. The van der Waals surface area contributed by atoms with E-state index in [0.29, 0.717) is 50.5 Å². The summed E-state index contributed by atoms with van der Waals surface area (Å²) in [5.74, 6) is -2.08. The SMILES string of the molecule is CC(=O)O[C@]1(C(=O)COC(=O)CCC(=O)N2CCC[C@@H]2C(=O)O)CC[C@@H]2[C@H]3CCC4=CC(=O)CC[C@]4(C)[C@@H]3CC[C@@]21C. The Bertz CT molecular complexity index is 1220. The van der Waals surface area contributed by atoms with Gasteiger partial charge in [0.1, 0.15) is 6.04 Å². The van der Waals surface area contributed by atoms with E-state index in [-0.39, 0.29) is 30.0 Å². The average Bonchev–Trinajstić information content (AvgIpc) is 3.54. The Labute approximate surface area is 246 Å². The quantitative estimate of drug-likeness (QED) is 0.421. The van der Waals surface area contributed by atoms with Crippen LogP contribution in [-0.4, -0.2) is 70.2 Å². The van der Waals surface area contributed by atoms with Gasteiger partial charge >= 0.3 is 17.9 Å². The van der Waals surface area contributed by atoms with Crippen molar-refractivity contribution in [3.63, 3.8) is 0 Å². The highest BCUT2D eigenvalue weighted by Gasteiger charge is 2.68. The highest BCUT2D eigenvalue weighted by molar-refractivity contribution is 5.94. The van der Waals surface area contributed by atoms with E-state index in [2.05, 4.69) is 13.8 Å². The molecule has 7 atom stereocenters. The lowest BCUT2D eigenvalue weighted by atomic mass is 9.46. The maximum Gasteiger partial charge on any atom is 0.326 e. The lowest BCUT2D eigenvalue weighted by molar-refractivity contribution is -0.191. The molecule has 0 spiro atoms. The third-order valence-electron chi connectivity index (χ3n) is 11.6. The molecule has 0 aromatic carbocycles. The number of carboxylic acids is 1. The van der Waals surface area contributed by atoms with Crippen molar-refractivity contribution in [3.05, 3.63) is 11.6 Å². The van der Waals surface area contributed by atoms with Crippen molar-refractivity contribution < 1.29 is 43.3 Å². The summed E-state index contributed by atoms with van der Waals surface area (Å²) in [7, 11) is 0. The molecule has 5 rings (SSSR count). The molecule has 0 aromatic heterocycles. The number of nitrogens with zero attached hydrogens (tertiary/aromatic N) is 1. The molecule has 0 radical (unpaired) electrons.